The second-order valence-electron chi connectivity index (χ2n) is 9.88. The number of ether oxygens (including phenoxy) is 1. The summed E-state index contributed by atoms with van der Waals surface area (Å²) in [5.74, 6) is 8.95. The molecule has 1 radical (unpaired) electrons. The molecule has 1 aliphatic heterocycles. The number of methoxy groups -OCH3 is 1. The summed E-state index contributed by atoms with van der Waals surface area (Å²) in [4.78, 5) is 8.10. The Morgan fingerprint density at radius 1 is 1.19 bits per heavy atom. The van der Waals surface area contributed by atoms with Crippen molar-refractivity contribution < 1.29 is 26.5 Å². The largest absolute Gasteiger partial charge is 3.00 e. The van der Waals surface area contributed by atoms with Gasteiger partial charge in [-0.1, -0.05) is 53.7 Å². The summed E-state index contributed by atoms with van der Waals surface area (Å²) in [5, 5.41) is 0. The molecule has 4 unspecified atom stereocenters. The third-order valence-corrected chi connectivity index (χ3v) is 9.93. The zero-order chi connectivity index (χ0) is 21.7. The monoisotopic (exact) mass is 473 g/mol. The molecule has 0 N–H and O–H groups in total. The second kappa shape index (κ2) is 13.1. The van der Waals surface area contributed by atoms with E-state index in [1.54, 1.807) is 14.0 Å². The van der Waals surface area contributed by atoms with E-state index in [4.69, 9.17) is 16.1 Å². The number of fused-ring (bicyclic) bond motifs is 1. The Kier molecular flexibility index (Phi) is 12.8. The average Bonchev–Trinajstić information content (AvgIpc) is 3.28. The molecule has 1 heterocycles. The molecule has 3 nitrogen and oxygen atoms in total. The summed E-state index contributed by atoms with van der Waals surface area (Å²) in [5.41, 5.74) is 0.807. The Bertz CT molecular complexity index is 714. The second-order valence-corrected chi connectivity index (χ2v) is 14.1. The normalized spacial score (nSPS) is 27.1. The summed E-state index contributed by atoms with van der Waals surface area (Å²) in [7, 11) is 0.131. The van der Waals surface area contributed by atoms with Gasteiger partial charge in [-0.25, -0.2) is 5.92 Å². The maximum absolute atomic E-state index is 6.18. The first-order valence-electron chi connectivity index (χ1n) is 10.9. The summed E-state index contributed by atoms with van der Waals surface area (Å²) < 4.78 is 5.56. The molecule has 1 saturated heterocycles. The molecule has 3 aliphatic rings. The summed E-state index contributed by atoms with van der Waals surface area (Å²) in [6.07, 6.45) is 17.3. The number of nitrogens with zero attached hydrogens (tertiary/aromatic N) is 2. The van der Waals surface area contributed by atoms with Crippen molar-refractivity contribution in [1.82, 2.24) is 4.90 Å². The Hall–Kier alpha value is -0.749. The third kappa shape index (κ3) is 8.27. The number of rotatable bonds is 4. The Morgan fingerprint density at radius 3 is 2.26 bits per heavy atom. The molecule has 31 heavy (non-hydrogen) atoms. The molecule has 4 atom stereocenters. The van der Waals surface area contributed by atoms with Gasteiger partial charge < -0.3 is 23.6 Å². The van der Waals surface area contributed by atoms with Crippen LogP contribution in [0.15, 0.2) is 24.0 Å². The van der Waals surface area contributed by atoms with Crippen LogP contribution in [0.5, 0.6) is 0 Å². The van der Waals surface area contributed by atoms with Crippen molar-refractivity contribution in [1.29, 1.82) is 0 Å². The molecule has 169 valence electrons. The average molecular weight is 474 g/mol. The van der Waals surface area contributed by atoms with Crippen LogP contribution >= 0.6 is 0 Å². The molecule has 0 spiro atoms. The van der Waals surface area contributed by atoms with Crippen LogP contribution in [0.4, 0.5) is 0 Å². The SMILES string of the molecule is COC1=CC2C(C=C1)C([Si](C)(C)[N-]C(C)(C)C)CC2N1CCCC1.[C-]#CC#CC.[CH3-].[Ti+3]. The zero-order valence-corrected chi connectivity index (χ0v) is 23.4. The number of allylic oxidation sites excluding steroid dienone is 2. The number of hydrogen-bond donors (Lipinski definition) is 0. The number of hydrogen-bond acceptors (Lipinski definition) is 2. The Labute approximate surface area is 208 Å². The van der Waals surface area contributed by atoms with E-state index >= 15 is 0 Å². The van der Waals surface area contributed by atoms with Crippen LogP contribution < -0.4 is 0 Å². The van der Waals surface area contributed by atoms with E-state index in [0.717, 1.165) is 11.3 Å². The van der Waals surface area contributed by atoms with Gasteiger partial charge in [0.15, 0.2) is 0 Å². The van der Waals surface area contributed by atoms with Gasteiger partial charge in [0.05, 0.1) is 7.11 Å². The van der Waals surface area contributed by atoms with Crippen LogP contribution in [0.2, 0.25) is 18.6 Å². The van der Waals surface area contributed by atoms with Crippen molar-refractivity contribution >= 4 is 8.24 Å². The van der Waals surface area contributed by atoms with E-state index in [2.05, 4.69) is 68.8 Å². The molecule has 0 aromatic rings. The standard InChI is InChI=1S/C20H35N2OSi.C5H3.CH3.Ti/c1-20(2,3)21-24(5,6)19-14-18(22-11-7-8-12-22)17-13-15(23-4)9-10-16(17)19;1-3-5-4-2;;/h9-10,13,16-19H,7-8,11-12,14H2,1-6H3;1H3;1H3;/q3*-1;+3. The van der Waals surface area contributed by atoms with E-state index in [9.17, 15) is 0 Å². The van der Waals surface area contributed by atoms with Gasteiger partial charge in [0.2, 0.25) is 0 Å². The predicted molar refractivity (Wildman–Crippen MR) is 132 cm³/mol. The van der Waals surface area contributed by atoms with Crippen molar-refractivity contribution in [3.8, 4) is 17.8 Å². The molecule has 0 bridgehead atoms. The van der Waals surface area contributed by atoms with E-state index in [0.29, 0.717) is 17.9 Å². The summed E-state index contributed by atoms with van der Waals surface area (Å²) in [6.45, 7) is 16.0. The van der Waals surface area contributed by atoms with Gasteiger partial charge in [-0.05, 0) is 57.3 Å². The molecular weight excluding hydrogens is 432 g/mol. The van der Waals surface area contributed by atoms with Gasteiger partial charge in [-0.2, -0.15) is 0 Å². The maximum Gasteiger partial charge on any atom is 3.00 e. The van der Waals surface area contributed by atoms with Gasteiger partial charge in [-0.3, -0.25) is 16.7 Å². The van der Waals surface area contributed by atoms with Crippen LogP contribution in [0.3, 0.4) is 0 Å². The minimum Gasteiger partial charge on any atom is -0.660 e. The molecule has 3 rings (SSSR count). The number of likely N-dealkylation sites (tertiary alicyclic amines) is 1. The molecule has 5 heteroatoms. The molecule has 0 amide bonds. The van der Waals surface area contributed by atoms with Crippen molar-refractivity contribution in [3.63, 3.8) is 0 Å². The minimum atomic E-state index is -1.66. The van der Waals surface area contributed by atoms with E-state index in [-0.39, 0.29) is 34.7 Å². The first-order chi connectivity index (χ1) is 13.6. The van der Waals surface area contributed by atoms with Crippen LogP contribution in [0.1, 0.15) is 47.0 Å². The fraction of sp³-hybridized carbons (Fsp3) is 0.654. The van der Waals surface area contributed by atoms with Crippen LogP contribution in [0, 0.1) is 43.4 Å². The first kappa shape index (κ1) is 30.3. The van der Waals surface area contributed by atoms with Crippen LogP contribution in [-0.2, 0) is 26.5 Å². The predicted octanol–water partition coefficient (Wildman–Crippen LogP) is 5.98. The van der Waals surface area contributed by atoms with Crippen molar-refractivity contribution in [2.24, 2.45) is 11.8 Å². The van der Waals surface area contributed by atoms with Gasteiger partial charge in [-0.15, -0.1) is 5.54 Å². The quantitative estimate of drug-likeness (QED) is 0.285. The molecule has 0 aromatic carbocycles. The zero-order valence-electron chi connectivity index (χ0n) is 20.9. The maximum atomic E-state index is 6.18. The smallest absolute Gasteiger partial charge is 0.660 e. The van der Waals surface area contributed by atoms with Gasteiger partial charge in [0.25, 0.3) is 0 Å². The topological polar surface area (TPSA) is 26.6 Å². The Morgan fingerprint density at radius 2 is 1.81 bits per heavy atom. The van der Waals surface area contributed by atoms with E-state index in [1.807, 2.05) is 5.92 Å². The fourth-order valence-corrected chi connectivity index (χ4v) is 9.39. The summed E-state index contributed by atoms with van der Waals surface area (Å²) in [6, 6.07) is 0.680. The van der Waals surface area contributed by atoms with Crippen molar-refractivity contribution in [3.05, 3.63) is 42.8 Å². The molecule has 0 aromatic heterocycles. The van der Waals surface area contributed by atoms with Crippen molar-refractivity contribution in [2.75, 3.05) is 20.2 Å². The van der Waals surface area contributed by atoms with Gasteiger partial charge in [0, 0.05) is 12.0 Å². The van der Waals surface area contributed by atoms with Crippen LogP contribution in [0.25, 0.3) is 4.98 Å². The van der Waals surface area contributed by atoms with Crippen molar-refractivity contribution in [2.45, 2.75) is 77.2 Å². The van der Waals surface area contributed by atoms with Gasteiger partial charge in [0.1, 0.15) is 5.76 Å². The summed E-state index contributed by atoms with van der Waals surface area (Å²) >= 11 is 0. The van der Waals surface area contributed by atoms with Gasteiger partial charge >= 0.3 is 21.7 Å². The minimum absolute atomic E-state index is 0. The first-order valence-corrected chi connectivity index (χ1v) is 13.9. The van der Waals surface area contributed by atoms with E-state index < -0.39 is 8.24 Å². The Balaban J connectivity index is 0.00000116. The van der Waals surface area contributed by atoms with E-state index in [1.165, 1.54) is 32.4 Å². The molecular formula is C26H41N2OSiTi. The van der Waals surface area contributed by atoms with Crippen LogP contribution in [-0.4, -0.2) is 44.9 Å². The molecule has 1 saturated carbocycles. The fourth-order valence-electron chi connectivity index (χ4n) is 5.41. The molecule has 2 fully saturated rings. The third-order valence-electron chi connectivity index (χ3n) is 6.25. The molecule has 2 aliphatic carbocycles.